The normalized spacial score (nSPS) is 10.3. The highest BCUT2D eigenvalue weighted by Gasteiger charge is 2.13. The molecule has 0 radical (unpaired) electrons. The van der Waals surface area contributed by atoms with Gasteiger partial charge in [0.25, 0.3) is 0 Å². The van der Waals surface area contributed by atoms with Gasteiger partial charge in [-0.15, -0.1) is 0 Å². The summed E-state index contributed by atoms with van der Waals surface area (Å²) in [7, 11) is 1.47. The first-order valence-corrected chi connectivity index (χ1v) is 6.52. The maximum Gasteiger partial charge on any atom is 0.193 e. The number of methoxy groups -OCH3 is 1. The second kappa shape index (κ2) is 5.72. The van der Waals surface area contributed by atoms with E-state index in [2.05, 4.69) is 15.9 Å². The van der Waals surface area contributed by atoms with Crippen LogP contribution in [0.5, 0.6) is 5.75 Å². The third-order valence-electron chi connectivity index (χ3n) is 2.54. The molecule has 0 aliphatic carbocycles. The van der Waals surface area contributed by atoms with Gasteiger partial charge in [-0.3, -0.25) is 4.79 Å². The highest BCUT2D eigenvalue weighted by molar-refractivity contribution is 9.10. The van der Waals surface area contributed by atoms with Gasteiger partial charge in [0, 0.05) is 15.6 Å². The molecule has 2 aromatic carbocycles. The van der Waals surface area contributed by atoms with Crippen molar-refractivity contribution < 1.29 is 13.9 Å². The minimum Gasteiger partial charge on any atom is -0.495 e. The lowest BCUT2D eigenvalue weighted by Gasteiger charge is -2.06. The molecule has 0 spiro atoms. The van der Waals surface area contributed by atoms with Crippen LogP contribution in [0.4, 0.5) is 4.39 Å². The number of ether oxygens (including phenoxy) is 1. The molecule has 2 aromatic rings. The molecule has 2 rings (SSSR count). The first-order valence-electron chi connectivity index (χ1n) is 5.35. The topological polar surface area (TPSA) is 26.3 Å². The lowest BCUT2D eigenvalue weighted by atomic mass is 10.0. The largest absolute Gasteiger partial charge is 0.495 e. The van der Waals surface area contributed by atoms with Gasteiger partial charge < -0.3 is 4.74 Å². The smallest absolute Gasteiger partial charge is 0.193 e. The van der Waals surface area contributed by atoms with E-state index in [9.17, 15) is 9.18 Å². The van der Waals surface area contributed by atoms with Crippen LogP contribution >= 0.6 is 27.5 Å². The van der Waals surface area contributed by atoms with Crippen LogP contribution in [0, 0.1) is 5.82 Å². The van der Waals surface area contributed by atoms with Crippen LogP contribution in [0.25, 0.3) is 0 Å². The Morgan fingerprint density at radius 3 is 2.58 bits per heavy atom. The van der Waals surface area contributed by atoms with Gasteiger partial charge in [-0.2, -0.15) is 0 Å². The molecule has 98 valence electrons. The molecule has 0 amide bonds. The summed E-state index contributed by atoms with van der Waals surface area (Å²) in [4.78, 5) is 12.2. The van der Waals surface area contributed by atoms with Gasteiger partial charge in [0.05, 0.1) is 12.1 Å². The molecule has 0 heterocycles. The van der Waals surface area contributed by atoms with E-state index in [0.717, 1.165) is 0 Å². The summed E-state index contributed by atoms with van der Waals surface area (Å²) >= 11 is 9.05. The van der Waals surface area contributed by atoms with Crippen molar-refractivity contribution >= 4 is 33.3 Å². The average Bonchev–Trinajstić information content (AvgIpc) is 2.37. The van der Waals surface area contributed by atoms with E-state index < -0.39 is 5.82 Å². The second-order valence-electron chi connectivity index (χ2n) is 3.84. The van der Waals surface area contributed by atoms with Crippen molar-refractivity contribution in [2.75, 3.05) is 7.11 Å². The molecule has 5 heteroatoms. The van der Waals surface area contributed by atoms with Crippen LogP contribution in [-0.2, 0) is 0 Å². The lowest BCUT2D eigenvalue weighted by Crippen LogP contribution is -2.02. The highest BCUT2D eigenvalue weighted by Crippen LogP contribution is 2.26. The Balaban J connectivity index is 2.43. The molecule has 0 aliphatic heterocycles. The molecule has 19 heavy (non-hydrogen) atoms. The van der Waals surface area contributed by atoms with Gasteiger partial charge in [-0.25, -0.2) is 4.39 Å². The summed E-state index contributed by atoms with van der Waals surface area (Å²) in [5.41, 5.74) is 0.648. The number of rotatable bonds is 3. The van der Waals surface area contributed by atoms with Crippen molar-refractivity contribution in [3.8, 4) is 5.75 Å². The van der Waals surface area contributed by atoms with Gasteiger partial charge in [-0.1, -0.05) is 27.5 Å². The van der Waals surface area contributed by atoms with E-state index >= 15 is 0 Å². The van der Waals surface area contributed by atoms with E-state index in [0.29, 0.717) is 20.8 Å². The molecule has 0 saturated heterocycles. The monoisotopic (exact) mass is 342 g/mol. The number of hydrogen-bond acceptors (Lipinski definition) is 2. The van der Waals surface area contributed by atoms with Crippen molar-refractivity contribution in [1.29, 1.82) is 0 Å². The molecule has 2 nitrogen and oxygen atoms in total. The summed E-state index contributed by atoms with van der Waals surface area (Å²) in [6.07, 6.45) is 0. The lowest BCUT2D eigenvalue weighted by molar-refractivity contribution is 0.103. The van der Waals surface area contributed by atoms with Gasteiger partial charge >= 0.3 is 0 Å². The zero-order valence-electron chi connectivity index (χ0n) is 9.91. The van der Waals surface area contributed by atoms with E-state index in [1.165, 1.54) is 25.3 Å². The number of halogens is 3. The summed E-state index contributed by atoms with van der Waals surface area (Å²) < 4.78 is 18.8. The van der Waals surface area contributed by atoms with Crippen molar-refractivity contribution in [3.05, 3.63) is 62.8 Å². The molecule has 0 saturated carbocycles. The van der Waals surface area contributed by atoms with Gasteiger partial charge in [0.2, 0.25) is 0 Å². The Hall–Kier alpha value is -1.39. The number of carbonyl (C=O) groups is 1. The zero-order valence-corrected chi connectivity index (χ0v) is 12.3. The Morgan fingerprint density at radius 2 is 1.95 bits per heavy atom. The maximum absolute atomic E-state index is 13.3. The van der Waals surface area contributed by atoms with Gasteiger partial charge in [0.1, 0.15) is 11.6 Å². The number of ketones is 1. The standard InChI is InChI=1S/C14H9BrClFO2/c1-19-13-6-8(2-3-12(13)16)14(18)9-4-10(15)7-11(17)5-9/h2-7H,1H3. The molecule has 0 aromatic heterocycles. The molecule has 0 unspecified atom stereocenters. The summed E-state index contributed by atoms with van der Waals surface area (Å²) in [5, 5.41) is 0.416. The predicted octanol–water partition coefficient (Wildman–Crippen LogP) is 4.48. The first-order chi connectivity index (χ1) is 9.01. The summed E-state index contributed by atoms with van der Waals surface area (Å²) in [6.45, 7) is 0. The fourth-order valence-corrected chi connectivity index (χ4v) is 2.31. The van der Waals surface area contributed by atoms with Crippen LogP contribution in [0.15, 0.2) is 40.9 Å². The minimum absolute atomic E-state index is 0.260. The first kappa shape index (κ1) is 14.0. The number of hydrogen-bond donors (Lipinski definition) is 0. The number of carbonyl (C=O) groups excluding carboxylic acids is 1. The van der Waals surface area contributed by atoms with Crippen LogP contribution < -0.4 is 4.74 Å². The fourth-order valence-electron chi connectivity index (χ4n) is 1.65. The molecular weight excluding hydrogens is 335 g/mol. The van der Waals surface area contributed by atoms with Crippen LogP contribution in [0.3, 0.4) is 0 Å². The Morgan fingerprint density at radius 1 is 1.21 bits per heavy atom. The molecule has 0 atom stereocenters. The Labute approximate surface area is 123 Å². The highest BCUT2D eigenvalue weighted by atomic mass is 79.9. The van der Waals surface area contributed by atoms with E-state index in [4.69, 9.17) is 16.3 Å². The van der Waals surface area contributed by atoms with Crippen molar-refractivity contribution in [1.82, 2.24) is 0 Å². The maximum atomic E-state index is 13.3. The van der Waals surface area contributed by atoms with Crippen molar-refractivity contribution in [2.45, 2.75) is 0 Å². The SMILES string of the molecule is COc1cc(C(=O)c2cc(F)cc(Br)c2)ccc1Cl. The number of benzene rings is 2. The minimum atomic E-state index is -0.473. The van der Waals surface area contributed by atoms with Crippen LogP contribution in [0.2, 0.25) is 5.02 Å². The van der Waals surface area contributed by atoms with Crippen LogP contribution in [-0.4, -0.2) is 12.9 Å². The van der Waals surface area contributed by atoms with Gasteiger partial charge in [-0.05, 0) is 36.4 Å². The quantitative estimate of drug-likeness (QED) is 0.768. The van der Waals surface area contributed by atoms with Crippen molar-refractivity contribution in [3.63, 3.8) is 0 Å². The van der Waals surface area contributed by atoms with Crippen molar-refractivity contribution in [2.24, 2.45) is 0 Å². The predicted molar refractivity (Wildman–Crippen MR) is 75.5 cm³/mol. The molecule has 0 fully saturated rings. The van der Waals surface area contributed by atoms with Crippen LogP contribution in [0.1, 0.15) is 15.9 Å². The van der Waals surface area contributed by atoms with E-state index in [-0.39, 0.29) is 11.3 Å². The summed E-state index contributed by atoms with van der Waals surface area (Å²) in [5.74, 6) is -0.364. The average molecular weight is 344 g/mol. The third-order valence-corrected chi connectivity index (χ3v) is 3.31. The van der Waals surface area contributed by atoms with E-state index in [1.807, 2.05) is 0 Å². The van der Waals surface area contributed by atoms with Gasteiger partial charge in [0.15, 0.2) is 5.78 Å². The summed E-state index contributed by atoms with van der Waals surface area (Å²) in [6, 6.07) is 8.72. The molecule has 0 bridgehead atoms. The van der Waals surface area contributed by atoms with E-state index in [1.54, 1.807) is 18.2 Å². The molecule has 0 aliphatic rings. The Bertz CT molecular complexity index is 623. The molecule has 0 N–H and O–H groups in total. The third kappa shape index (κ3) is 3.14. The second-order valence-corrected chi connectivity index (χ2v) is 5.16. The fraction of sp³-hybridized carbons (Fsp3) is 0.0714. The molecular formula is C14H9BrClFO2. The Kier molecular flexibility index (Phi) is 4.22. The zero-order chi connectivity index (χ0) is 14.0.